The Hall–Kier alpha value is -2.08. The number of ether oxygens (including phenoxy) is 2. The zero-order chi connectivity index (χ0) is 15.0. The highest BCUT2D eigenvalue weighted by Crippen LogP contribution is 2.36. The number of rotatable bonds is 2. The molecule has 112 valence electrons. The topological polar surface area (TPSA) is 76.1 Å². The highest BCUT2D eigenvalue weighted by molar-refractivity contribution is 5.90. The summed E-state index contributed by atoms with van der Waals surface area (Å²) in [6, 6.07) is 6.65. The van der Waals surface area contributed by atoms with Gasteiger partial charge in [0.1, 0.15) is 24.3 Å². The molecule has 1 amide bonds. The Morgan fingerprint density at radius 1 is 1.38 bits per heavy atom. The minimum absolute atomic E-state index is 0.150. The number of nitrogens with zero attached hydrogens (tertiary/aromatic N) is 1. The number of benzene rings is 1. The van der Waals surface area contributed by atoms with Crippen LogP contribution in [0.25, 0.3) is 0 Å². The molecule has 1 fully saturated rings. The van der Waals surface area contributed by atoms with E-state index >= 15 is 0 Å². The van der Waals surface area contributed by atoms with Gasteiger partial charge in [-0.15, -0.1) is 0 Å². The number of aliphatic hydroxyl groups excluding tert-OH is 1. The maximum absolute atomic E-state index is 12.7. The molecule has 6 heteroatoms. The van der Waals surface area contributed by atoms with Crippen LogP contribution >= 0.6 is 0 Å². The van der Waals surface area contributed by atoms with E-state index in [2.05, 4.69) is 0 Å². The molecule has 3 unspecified atom stereocenters. The molecule has 0 spiro atoms. The number of carbonyl (C=O) groups is 2. The monoisotopic (exact) mass is 291 g/mol. The zero-order valence-corrected chi connectivity index (χ0v) is 11.7. The maximum atomic E-state index is 12.7. The van der Waals surface area contributed by atoms with Crippen LogP contribution in [0.2, 0.25) is 0 Å². The van der Waals surface area contributed by atoms with Crippen molar-refractivity contribution >= 4 is 11.9 Å². The third kappa shape index (κ3) is 2.35. The van der Waals surface area contributed by atoms with E-state index < -0.39 is 24.0 Å². The molecule has 2 aliphatic rings. The molecular weight excluding hydrogens is 274 g/mol. The molecule has 1 aromatic rings. The summed E-state index contributed by atoms with van der Waals surface area (Å²) in [7, 11) is 1.28. The van der Waals surface area contributed by atoms with Gasteiger partial charge in [-0.2, -0.15) is 0 Å². The van der Waals surface area contributed by atoms with Crippen molar-refractivity contribution < 1.29 is 24.2 Å². The molecule has 0 aromatic heterocycles. The first-order chi connectivity index (χ1) is 10.1. The summed E-state index contributed by atoms with van der Waals surface area (Å²) in [6.45, 7) is 0.413. The van der Waals surface area contributed by atoms with E-state index in [4.69, 9.17) is 9.47 Å². The molecule has 0 radical (unpaired) electrons. The Morgan fingerprint density at radius 2 is 2.14 bits per heavy atom. The van der Waals surface area contributed by atoms with Gasteiger partial charge < -0.3 is 19.5 Å². The van der Waals surface area contributed by atoms with Gasteiger partial charge in [-0.1, -0.05) is 18.2 Å². The lowest BCUT2D eigenvalue weighted by Gasteiger charge is -2.24. The van der Waals surface area contributed by atoms with Gasteiger partial charge in [0.05, 0.1) is 13.2 Å². The minimum atomic E-state index is -0.717. The van der Waals surface area contributed by atoms with Gasteiger partial charge in [-0.05, 0) is 6.07 Å². The minimum Gasteiger partial charge on any atom is -0.492 e. The van der Waals surface area contributed by atoms with Crippen LogP contribution in [0.3, 0.4) is 0 Å². The largest absolute Gasteiger partial charge is 0.492 e. The highest BCUT2D eigenvalue weighted by atomic mass is 16.5. The first-order valence-corrected chi connectivity index (χ1v) is 6.90. The Morgan fingerprint density at radius 3 is 2.90 bits per heavy atom. The number of esters is 1. The summed E-state index contributed by atoms with van der Waals surface area (Å²) < 4.78 is 10.2. The van der Waals surface area contributed by atoms with Crippen molar-refractivity contribution in [2.75, 3.05) is 20.3 Å². The fourth-order valence-corrected chi connectivity index (χ4v) is 2.98. The highest BCUT2D eigenvalue weighted by Gasteiger charge is 2.43. The van der Waals surface area contributed by atoms with Gasteiger partial charge in [0.2, 0.25) is 5.91 Å². The molecule has 0 saturated carbocycles. The summed E-state index contributed by atoms with van der Waals surface area (Å²) in [5.74, 6) is -0.428. The van der Waals surface area contributed by atoms with Crippen LogP contribution in [-0.2, 0) is 14.3 Å². The number of hydrogen-bond acceptors (Lipinski definition) is 5. The van der Waals surface area contributed by atoms with E-state index in [0.717, 1.165) is 5.56 Å². The smallest absolute Gasteiger partial charge is 0.328 e. The summed E-state index contributed by atoms with van der Waals surface area (Å²) in [6.07, 6.45) is -0.483. The SMILES string of the molecule is COC(=O)C1CC(O)CN1C(=O)C1COc2ccccc21. The van der Waals surface area contributed by atoms with Gasteiger partial charge in [0.15, 0.2) is 0 Å². The standard InChI is InChI=1S/C15H17NO5/c1-20-15(19)12-6-9(17)7-16(12)14(18)11-8-21-13-5-3-2-4-10(11)13/h2-5,9,11-12,17H,6-8H2,1H3. The molecule has 1 aromatic carbocycles. The zero-order valence-electron chi connectivity index (χ0n) is 11.7. The molecule has 0 aliphatic carbocycles. The van der Waals surface area contributed by atoms with Gasteiger partial charge >= 0.3 is 5.97 Å². The Labute approximate surface area is 122 Å². The number of likely N-dealkylation sites (tertiary alicyclic amines) is 1. The molecule has 21 heavy (non-hydrogen) atoms. The fourth-order valence-electron chi connectivity index (χ4n) is 2.98. The fraction of sp³-hybridized carbons (Fsp3) is 0.467. The Kier molecular flexibility index (Phi) is 3.55. The molecule has 3 rings (SSSR count). The lowest BCUT2D eigenvalue weighted by atomic mass is 9.99. The second-order valence-corrected chi connectivity index (χ2v) is 5.32. The number of fused-ring (bicyclic) bond motifs is 1. The average molecular weight is 291 g/mol. The molecule has 2 heterocycles. The number of carbonyl (C=O) groups excluding carboxylic acids is 2. The summed E-state index contributed by atoms with van der Waals surface area (Å²) in [4.78, 5) is 25.9. The van der Waals surface area contributed by atoms with Gasteiger partial charge in [-0.3, -0.25) is 4.79 Å². The van der Waals surface area contributed by atoms with Gasteiger partial charge in [0, 0.05) is 18.5 Å². The number of β-amino-alcohol motifs (C(OH)–C–C–N with tert-alkyl or cyclic N) is 1. The lowest BCUT2D eigenvalue weighted by molar-refractivity contribution is -0.151. The van der Waals surface area contributed by atoms with E-state index in [1.165, 1.54) is 12.0 Å². The van der Waals surface area contributed by atoms with Crippen LogP contribution < -0.4 is 4.74 Å². The van der Waals surface area contributed by atoms with E-state index in [9.17, 15) is 14.7 Å². The maximum Gasteiger partial charge on any atom is 0.328 e. The van der Waals surface area contributed by atoms with Crippen molar-refractivity contribution in [2.24, 2.45) is 0 Å². The van der Waals surface area contributed by atoms with Crippen LogP contribution in [-0.4, -0.2) is 54.3 Å². The second kappa shape index (κ2) is 5.37. The first kappa shape index (κ1) is 13.9. The Balaban J connectivity index is 1.83. The van der Waals surface area contributed by atoms with Crippen molar-refractivity contribution in [3.05, 3.63) is 29.8 Å². The number of amides is 1. The van der Waals surface area contributed by atoms with Crippen molar-refractivity contribution in [3.8, 4) is 5.75 Å². The molecule has 6 nitrogen and oxygen atoms in total. The summed E-state index contributed by atoms with van der Waals surface area (Å²) in [5.41, 5.74) is 0.826. The number of para-hydroxylation sites is 1. The van der Waals surface area contributed by atoms with Crippen molar-refractivity contribution in [2.45, 2.75) is 24.5 Å². The predicted molar refractivity (Wildman–Crippen MR) is 72.8 cm³/mol. The first-order valence-electron chi connectivity index (χ1n) is 6.90. The van der Waals surface area contributed by atoms with Gasteiger partial charge in [0.25, 0.3) is 0 Å². The van der Waals surface area contributed by atoms with E-state index in [-0.39, 0.29) is 25.5 Å². The van der Waals surface area contributed by atoms with Crippen LogP contribution in [0.4, 0.5) is 0 Å². The normalized spacial score (nSPS) is 27.1. The molecule has 2 aliphatic heterocycles. The molecular formula is C15H17NO5. The third-order valence-corrected chi connectivity index (χ3v) is 4.03. The molecule has 3 atom stereocenters. The average Bonchev–Trinajstić information content (AvgIpc) is 3.09. The number of aliphatic hydroxyl groups is 1. The van der Waals surface area contributed by atoms with Crippen LogP contribution in [0.5, 0.6) is 5.75 Å². The van der Waals surface area contributed by atoms with E-state index in [1.807, 2.05) is 24.3 Å². The third-order valence-electron chi connectivity index (χ3n) is 4.03. The number of hydrogen-bond donors (Lipinski definition) is 1. The van der Waals surface area contributed by atoms with Crippen LogP contribution in [0, 0.1) is 0 Å². The molecule has 1 N–H and O–H groups in total. The van der Waals surface area contributed by atoms with Crippen molar-refractivity contribution in [1.29, 1.82) is 0 Å². The van der Waals surface area contributed by atoms with Crippen LogP contribution in [0.15, 0.2) is 24.3 Å². The lowest BCUT2D eigenvalue weighted by Crippen LogP contribution is -2.43. The van der Waals surface area contributed by atoms with Crippen LogP contribution in [0.1, 0.15) is 17.9 Å². The van der Waals surface area contributed by atoms with Gasteiger partial charge in [-0.25, -0.2) is 4.79 Å². The summed E-state index contributed by atoms with van der Waals surface area (Å²) >= 11 is 0. The van der Waals surface area contributed by atoms with Crippen molar-refractivity contribution in [1.82, 2.24) is 4.90 Å². The predicted octanol–water partition coefficient (Wildman–Crippen LogP) is 0.297. The van der Waals surface area contributed by atoms with E-state index in [0.29, 0.717) is 5.75 Å². The molecule has 0 bridgehead atoms. The number of methoxy groups -OCH3 is 1. The van der Waals surface area contributed by atoms with Crippen molar-refractivity contribution in [3.63, 3.8) is 0 Å². The Bertz CT molecular complexity index is 573. The summed E-state index contributed by atoms with van der Waals surface area (Å²) in [5, 5.41) is 9.77. The van der Waals surface area contributed by atoms with E-state index in [1.54, 1.807) is 0 Å². The quantitative estimate of drug-likeness (QED) is 0.793. The second-order valence-electron chi connectivity index (χ2n) is 5.32. The molecule has 1 saturated heterocycles.